The zero-order valence-corrected chi connectivity index (χ0v) is 36.7. The summed E-state index contributed by atoms with van der Waals surface area (Å²) in [5, 5.41) is 23.1. The van der Waals surface area contributed by atoms with E-state index in [4.69, 9.17) is 4.74 Å². The summed E-state index contributed by atoms with van der Waals surface area (Å²) in [6.07, 6.45) is 51.3. The number of carbonyl (C=O) groups excluding carboxylic acids is 2. The first-order valence-electron chi connectivity index (χ1n) is 24.1. The molecule has 0 saturated heterocycles. The Labute approximate surface area is 341 Å². The molecule has 0 spiro atoms. The van der Waals surface area contributed by atoms with Gasteiger partial charge in [-0.3, -0.25) is 9.59 Å². The number of hydrogen-bond donors (Lipinski definition) is 3. The van der Waals surface area contributed by atoms with Crippen LogP contribution >= 0.6 is 0 Å². The van der Waals surface area contributed by atoms with E-state index < -0.39 is 12.1 Å². The number of ether oxygens (including phenoxy) is 1. The highest BCUT2D eigenvalue weighted by molar-refractivity contribution is 5.76. The third-order valence-electron chi connectivity index (χ3n) is 11.0. The van der Waals surface area contributed by atoms with Gasteiger partial charge in [-0.15, -0.1) is 0 Å². The molecule has 1 amide bonds. The van der Waals surface area contributed by atoms with Crippen LogP contribution in [0.4, 0.5) is 0 Å². The first-order valence-corrected chi connectivity index (χ1v) is 24.1. The molecule has 0 aromatic rings. The molecule has 0 aromatic carbocycles. The second-order valence-electron chi connectivity index (χ2n) is 16.4. The van der Waals surface area contributed by atoms with Gasteiger partial charge in [0, 0.05) is 12.8 Å². The Kier molecular flexibility index (Phi) is 43.7. The molecule has 0 saturated carbocycles. The lowest BCUT2D eigenvalue weighted by atomic mass is 10.0. The van der Waals surface area contributed by atoms with Gasteiger partial charge in [0.05, 0.1) is 25.4 Å². The molecule has 55 heavy (non-hydrogen) atoms. The normalized spacial score (nSPS) is 12.9. The molecule has 3 N–H and O–H groups in total. The number of aliphatic hydroxyl groups excluding tert-OH is 2. The molecule has 2 atom stereocenters. The minimum absolute atomic E-state index is 0.0238. The van der Waals surface area contributed by atoms with Gasteiger partial charge in [-0.1, -0.05) is 205 Å². The average Bonchev–Trinajstić information content (AvgIpc) is 3.18. The predicted octanol–water partition coefficient (Wildman–Crippen LogP) is 14.0. The lowest BCUT2D eigenvalue weighted by Crippen LogP contribution is -2.45. The highest BCUT2D eigenvalue weighted by atomic mass is 16.5. The van der Waals surface area contributed by atoms with Crippen LogP contribution < -0.4 is 5.32 Å². The Morgan fingerprint density at radius 2 is 0.909 bits per heavy atom. The maximum atomic E-state index is 12.4. The molecule has 0 rings (SSSR count). The quantitative estimate of drug-likeness (QED) is 0.0325. The van der Waals surface area contributed by atoms with Gasteiger partial charge in [0.1, 0.15) is 0 Å². The van der Waals surface area contributed by atoms with Gasteiger partial charge in [0.15, 0.2) is 0 Å². The van der Waals surface area contributed by atoms with Gasteiger partial charge < -0.3 is 20.3 Å². The summed E-state index contributed by atoms with van der Waals surface area (Å²) >= 11 is 0. The SMILES string of the molecule is CCCCC/C=C\C/C=C\CCCCCCCC(=O)OCCCCCCCCCCCCCCC(=O)NC(CO)C(O)CCCCCCCCCCCCC. The van der Waals surface area contributed by atoms with Crippen LogP contribution in [0.5, 0.6) is 0 Å². The summed E-state index contributed by atoms with van der Waals surface area (Å²) in [5.74, 6) is -0.0769. The van der Waals surface area contributed by atoms with E-state index in [1.54, 1.807) is 0 Å². The van der Waals surface area contributed by atoms with Crippen LogP contribution in [-0.2, 0) is 14.3 Å². The smallest absolute Gasteiger partial charge is 0.305 e. The fourth-order valence-electron chi connectivity index (χ4n) is 7.26. The monoisotopic (exact) mass is 776 g/mol. The molecule has 0 aliphatic heterocycles. The molecule has 324 valence electrons. The van der Waals surface area contributed by atoms with Crippen molar-refractivity contribution in [1.82, 2.24) is 5.32 Å². The molecule has 0 aliphatic rings. The van der Waals surface area contributed by atoms with Crippen molar-refractivity contribution >= 4 is 11.9 Å². The van der Waals surface area contributed by atoms with Gasteiger partial charge in [-0.05, 0) is 57.8 Å². The standard InChI is InChI=1S/C49H93NO5/c1-3-5-7-9-11-13-15-16-17-18-23-27-31-35-39-43-49(54)55-44-40-36-32-28-24-20-19-22-26-30-34-38-42-48(53)50-46(45-51)47(52)41-37-33-29-25-21-14-12-10-8-6-4-2/h11,13,16-17,46-47,51-52H,3-10,12,14-15,18-45H2,1-2H3,(H,50,53)/b13-11-,17-16-. The molecule has 0 bridgehead atoms. The van der Waals surface area contributed by atoms with Crippen LogP contribution in [0.3, 0.4) is 0 Å². The van der Waals surface area contributed by atoms with E-state index in [2.05, 4.69) is 43.5 Å². The average molecular weight is 776 g/mol. The first kappa shape index (κ1) is 53.3. The number of amides is 1. The highest BCUT2D eigenvalue weighted by Crippen LogP contribution is 2.16. The molecule has 0 heterocycles. The Morgan fingerprint density at radius 3 is 1.42 bits per heavy atom. The Bertz CT molecular complexity index is 858. The number of unbranched alkanes of at least 4 members (excludes halogenated alkanes) is 29. The van der Waals surface area contributed by atoms with E-state index in [9.17, 15) is 19.8 Å². The Morgan fingerprint density at radius 1 is 0.509 bits per heavy atom. The van der Waals surface area contributed by atoms with Gasteiger partial charge >= 0.3 is 5.97 Å². The van der Waals surface area contributed by atoms with E-state index in [0.717, 1.165) is 70.6 Å². The van der Waals surface area contributed by atoms with Crippen LogP contribution in [-0.4, -0.2) is 47.4 Å². The summed E-state index contributed by atoms with van der Waals surface area (Å²) < 4.78 is 5.45. The summed E-state index contributed by atoms with van der Waals surface area (Å²) in [4.78, 5) is 24.4. The summed E-state index contributed by atoms with van der Waals surface area (Å²) in [6, 6.07) is -0.552. The zero-order valence-electron chi connectivity index (χ0n) is 36.7. The number of aliphatic hydroxyl groups is 2. The molecule has 0 radical (unpaired) electrons. The minimum Gasteiger partial charge on any atom is -0.466 e. The number of hydrogen-bond acceptors (Lipinski definition) is 5. The maximum Gasteiger partial charge on any atom is 0.305 e. The number of rotatable bonds is 44. The molecule has 6 nitrogen and oxygen atoms in total. The highest BCUT2D eigenvalue weighted by Gasteiger charge is 2.20. The molecule has 6 heteroatoms. The van der Waals surface area contributed by atoms with Crippen molar-refractivity contribution < 1.29 is 24.5 Å². The van der Waals surface area contributed by atoms with Gasteiger partial charge in [-0.2, -0.15) is 0 Å². The molecule has 0 aromatic heterocycles. The van der Waals surface area contributed by atoms with Crippen molar-refractivity contribution in [2.75, 3.05) is 13.2 Å². The van der Waals surface area contributed by atoms with Crippen LogP contribution in [0.15, 0.2) is 24.3 Å². The van der Waals surface area contributed by atoms with Crippen molar-refractivity contribution in [3.8, 4) is 0 Å². The maximum absolute atomic E-state index is 12.4. The predicted molar refractivity (Wildman–Crippen MR) is 236 cm³/mol. The molecule has 2 unspecified atom stereocenters. The van der Waals surface area contributed by atoms with Crippen molar-refractivity contribution in [1.29, 1.82) is 0 Å². The number of esters is 1. The van der Waals surface area contributed by atoms with Gasteiger partial charge in [0.25, 0.3) is 0 Å². The van der Waals surface area contributed by atoms with Crippen molar-refractivity contribution in [3.63, 3.8) is 0 Å². The first-order chi connectivity index (χ1) is 27.0. The second-order valence-corrected chi connectivity index (χ2v) is 16.4. The second kappa shape index (κ2) is 45.0. The fourth-order valence-corrected chi connectivity index (χ4v) is 7.26. The van der Waals surface area contributed by atoms with Crippen LogP contribution in [0.2, 0.25) is 0 Å². The Hall–Kier alpha value is -1.66. The zero-order chi connectivity index (χ0) is 40.1. The van der Waals surface area contributed by atoms with Crippen LogP contribution in [0, 0.1) is 0 Å². The molecular weight excluding hydrogens is 683 g/mol. The number of allylic oxidation sites excluding steroid dienone is 4. The minimum atomic E-state index is -0.673. The van der Waals surface area contributed by atoms with Crippen molar-refractivity contribution in [2.45, 2.75) is 264 Å². The summed E-state index contributed by atoms with van der Waals surface area (Å²) in [5.41, 5.74) is 0. The van der Waals surface area contributed by atoms with Crippen molar-refractivity contribution in [3.05, 3.63) is 24.3 Å². The topological polar surface area (TPSA) is 95.9 Å². The van der Waals surface area contributed by atoms with Crippen molar-refractivity contribution in [2.24, 2.45) is 0 Å². The van der Waals surface area contributed by atoms with E-state index in [-0.39, 0.29) is 18.5 Å². The largest absolute Gasteiger partial charge is 0.466 e. The number of nitrogens with one attached hydrogen (secondary N) is 1. The number of carbonyl (C=O) groups is 2. The molecule has 0 fully saturated rings. The Balaban J connectivity index is 3.47. The fraction of sp³-hybridized carbons (Fsp3) is 0.878. The molecule has 0 aliphatic carbocycles. The van der Waals surface area contributed by atoms with Crippen LogP contribution in [0.1, 0.15) is 251 Å². The van der Waals surface area contributed by atoms with Gasteiger partial charge in [0.2, 0.25) is 5.91 Å². The lowest BCUT2D eigenvalue weighted by molar-refractivity contribution is -0.143. The van der Waals surface area contributed by atoms with E-state index in [1.165, 1.54) is 148 Å². The summed E-state index contributed by atoms with van der Waals surface area (Å²) in [6.45, 7) is 4.87. The van der Waals surface area contributed by atoms with E-state index in [0.29, 0.717) is 25.9 Å². The summed E-state index contributed by atoms with van der Waals surface area (Å²) in [7, 11) is 0. The third kappa shape index (κ3) is 41.8. The van der Waals surface area contributed by atoms with Gasteiger partial charge in [-0.25, -0.2) is 0 Å². The third-order valence-corrected chi connectivity index (χ3v) is 11.0. The van der Waals surface area contributed by atoms with E-state index >= 15 is 0 Å². The lowest BCUT2D eigenvalue weighted by Gasteiger charge is -2.22. The van der Waals surface area contributed by atoms with Crippen LogP contribution in [0.25, 0.3) is 0 Å². The van der Waals surface area contributed by atoms with E-state index in [1.807, 2.05) is 0 Å². The molecular formula is C49H93NO5.